The van der Waals surface area contributed by atoms with Crippen LogP contribution in [0.3, 0.4) is 0 Å². The van der Waals surface area contributed by atoms with Crippen LogP contribution in [0.25, 0.3) is 20.1 Å². The van der Waals surface area contributed by atoms with Crippen molar-refractivity contribution in [3.8, 4) is 15.6 Å². The van der Waals surface area contributed by atoms with E-state index in [4.69, 9.17) is 4.74 Å². The van der Waals surface area contributed by atoms with Crippen LogP contribution in [0.4, 0.5) is 0 Å². The molecule has 102 valence electrons. The van der Waals surface area contributed by atoms with Crippen LogP contribution in [0, 0.1) is 0 Å². The number of hydrogen-bond donors (Lipinski definition) is 1. The molecule has 1 aliphatic heterocycles. The molecule has 0 aliphatic carbocycles. The van der Waals surface area contributed by atoms with Crippen LogP contribution >= 0.6 is 22.7 Å². The van der Waals surface area contributed by atoms with Crippen LogP contribution in [-0.4, -0.2) is 24.2 Å². The average molecular weight is 302 g/mol. The summed E-state index contributed by atoms with van der Waals surface area (Å²) in [6, 6.07) is 10.4. The van der Waals surface area contributed by atoms with Crippen molar-refractivity contribution in [3.63, 3.8) is 0 Å². The first-order chi connectivity index (χ1) is 9.88. The quantitative estimate of drug-likeness (QED) is 0.800. The molecule has 1 saturated heterocycles. The zero-order valence-electron chi connectivity index (χ0n) is 10.8. The van der Waals surface area contributed by atoms with Gasteiger partial charge in [-0.2, -0.15) is 0 Å². The molecule has 0 bridgehead atoms. The van der Waals surface area contributed by atoms with Crippen molar-refractivity contribution in [3.05, 3.63) is 35.7 Å². The Hall–Kier alpha value is -1.43. The summed E-state index contributed by atoms with van der Waals surface area (Å²) in [6.07, 6.45) is 1.39. The van der Waals surface area contributed by atoms with E-state index in [0.717, 1.165) is 35.8 Å². The van der Waals surface area contributed by atoms with Crippen molar-refractivity contribution in [2.45, 2.75) is 12.5 Å². The van der Waals surface area contributed by atoms with Crippen LogP contribution in [0.1, 0.15) is 6.42 Å². The fourth-order valence-electron chi connectivity index (χ4n) is 2.41. The first-order valence-electron chi connectivity index (χ1n) is 6.70. The van der Waals surface area contributed by atoms with Gasteiger partial charge in [0.05, 0.1) is 15.1 Å². The van der Waals surface area contributed by atoms with Gasteiger partial charge in [0.1, 0.15) is 16.9 Å². The average Bonchev–Trinajstić information content (AvgIpc) is 3.19. The summed E-state index contributed by atoms with van der Waals surface area (Å²) in [5.74, 6) is 0.951. The van der Waals surface area contributed by atoms with Gasteiger partial charge < -0.3 is 10.1 Å². The lowest BCUT2D eigenvalue weighted by molar-refractivity contribution is 0.223. The van der Waals surface area contributed by atoms with E-state index in [9.17, 15) is 0 Å². The fourth-order valence-corrected chi connectivity index (χ4v) is 4.20. The van der Waals surface area contributed by atoms with Gasteiger partial charge in [-0.15, -0.1) is 22.7 Å². The molecule has 1 atom stereocenters. The lowest BCUT2D eigenvalue weighted by atomic mass is 10.3. The highest BCUT2D eigenvalue weighted by atomic mass is 32.1. The Morgan fingerprint density at radius 1 is 1.30 bits per heavy atom. The van der Waals surface area contributed by atoms with E-state index in [2.05, 4.69) is 39.9 Å². The Balaban J connectivity index is 1.65. The molecular formula is C15H14N2OS2. The third-order valence-corrected chi connectivity index (χ3v) is 5.47. The van der Waals surface area contributed by atoms with E-state index in [-0.39, 0.29) is 0 Å². The van der Waals surface area contributed by atoms with Crippen LogP contribution in [0.2, 0.25) is 0 Å². The van der Waals surface area contributed by atoms with E-state index in [1.165, 1.54) is 9.58 Å². The van der Waals surface area contributed by atoms with Gasteiger partial charge in [-0.3, -0.25) is 0 Å². The standard InChI is InChI=1S/C15H14N2OS2/c1-2-13(19-7-1)15-17-12-4-3-10(8-14(12)20-15)18-11-5-6-16-9-11/h1-4,7-8,11,16H,5-6,9H2. The molecule has 0 saturated carbocycles. The molecule has 2 aromatic heterocycles. The van der Waals surface area contributed by atoms with Gasteiger partial charge in [0.15, 0.2) is 0 Å². The first kappa shape index (κ1) is 12.3. The largest absolute Gasteiger partial charge is 0.489 e. The molecule has 3 nitrogen and oxygen atoms in total. The molecule has 1 N–H and O–H groups in total. The number of ether oxygens (including phenoxy) is 1. The number of aromatic nitrogens is 1. The molecule has 20 heavy (non-hydrogen) atoms. The topological polar surface area (TPSA) is 34.1 Å². The van der Waals surface area contributed by atoms with Crippen LogP contribution < -0.4 is 10.1 Å². The van der Waals surface area contributed by atoms with Crippen LogP contribution in [-0.2, 0) is 0 Å². The molecule has 3 heterocycles. The van der Waals surface area contributed by atoms with Crippen molar-refractivity contribution >= 4 is 32.9 Å². The summed E-state index contributed by atoms with van der Waals surface area (Å²) in [5.41, 5.74) is 1.05. The maximum Gasteiger partial charge on any atom is 0.134 e. The molecule has 1 aliphatic rings. The highest BCUT2D eigenvalue weighted by molar-refractivity contribution is 7.25. The van der Waals surface area contributed by atoms with Crippen molar-refractivity contribution in [1.82, 2.24) is 10.3 Å². The van der Waals surface area contributed by atoms with Gasteiger partial charge in [-0.05, 0) is 42.6 Å². The summed E-state index contributed by atoms with van der Waals surface area (Å²) >= 11 is 3.46. The molecular weight excluding hydrogens is 288 g/mol. The third kappa shape index (κ3) is 2.32. The Kier molecular flexibility index (Phi) is 3.18. The fraction of sp³-hybridized carbons (Fsp3) is 0.267. The number of benzene rings is 1. The monoisotopic (exact) mass is 302 g/mol. The SMILES string of the molecule is c1csc(-c2nc3ccc(OC4CCNC4)cc3s2)c1. The summed E-state index contributed by atoms with van der Waals surface area (Å²) in [4.78, 5) is 5.92. The predicted molar refractivity (Wildman–Crippen MR) is 84.8 cm³/mol. The number of hydrogen-bond acceptors (Lipinski definition) is 5. The summed E-state index contributed by atoms with van der Waals surface area (Å²) in [6.45, 7) is 2.00. The molecule has 1 unspecified atom stereocenters. The lowest BCUT2D eigenvalue weighted by Gasteiger charge is -2.11. The Bertz CT molecular complexity index is 715. The van der Waals surface area contributed by atoms with Crippen molar-refractivity contribution in [2.75, 3.05) is 13.1 Å². The minimum Gasteiger partial charge on any atom is -0.489 e. The Morgan fingerprint density at radius 2 is 2.30 bits per heavy atom. The number of rotatable bonds is 3. The van der Waals surface area contributed by atoms with Crippen molar-refractivity contribution in [1.29, 1.82) is 0 Å². The normalized spacial score (nSPS) is 18.7. The molecule has 5 heteroatoms. The number of thiazole rings is 1. The maximum atomic E-state index is 6.00. The summed E-state index contributed by atoms with van der Waals surface area (Å²) < 4.78 is 7.19. The minimum absolute atomic E-state index is 0.303. The second-order valence-electron chi connectivity index (χ2n) is 4.86. The second-order valence-corrected chi connectivity index (χ2v) is 6.84. The maximum absolute atomic E-state index is 6.00. The lowest BCUT2D eigenvalue weighted by Crippen LogP contribution is -2.19. The van der Waals surface area contributed by atoms with Gasteiger partial charge in [-0.1, -0.05) is 6.07 Å². The van der Waals surface area contributed by atoms with Crippen LogP contribution in [0.5, 0.6) is 5.75 Å². The molecule has 4 rings (SSSR count). The van der Waals surface area contributed by atoms with Crippen LogP contribution in [0.15, 0.2) is 35.7 Å². The molecule has 1 fully saturated rings. The molecule has 3 aromatic rings. The molecule has 0 spiro atoms. The summed E-state index contributed by atoms with van der Waals surface area (Å²) in [5, 5.41) is 6.50. The van der Waals surface area contributed by atoms with Crippen molar-refractivity contribution in [2.24, 2.45) is 0 Å². The number of thiophene rings is 1. The second kappa shape index (κ2) is 5.16. The molecule has 0 radical (unpaired) electrons. The highest BCUT2D eigenvalue weighted by Crippen LogP contribution is 2.34. The van der Waals surface area contributed by atoms with Crippen molar-refractivity contribution < 1.29 is 4.74 Å². The van der Waals surface area contributed by atoms with Gasteiger partial charge in [-0.25, -0.2) is 4.98 Å². The Labute approximate surface area is 125 Å². The van der Waals surface area contributed by atoms with E-state index >= 15 is 0 Å². The Morgan fingerprint density at radius 3 is 3.10 bits per heavy atom. The summed E-state index contributed by atoms with van der Waals surface area (Å²) in [7, 11) is 0. The zero-order chi connectivity index (χ0) is 13.4. The number of fused-ring (bicyclic) bond motifs is 1. The van der Waals surface area contributed by atoms with Gasteiger partial charge in [0, 0.05) is 6.54 Å². The van der Waals surface area contributed by atoms with E-state index in [1.807, 2.05) is 6.07 Å². The van der Waals surface area contributed by atoms with E-state index in [1.54, 1.807) is 22.7 Å². The van der Waals surface area contributed by atoms with Gasteiger partial charge in [0.25, 0.3) is 0 Å². The van der Waals surface area contributed by atoms with E-state index in [0.29, 0.717) is 6.10 Å². The smallest absolute Gasteiger partial charge is 0.134 e. The van der Waals surface area contributed by atoms with Gasteiger partial charge in [0.2, 0.25) is 0 Å². The minimum atomic E-state index is 0.303. The van der Waals surface area contributed by atoms with E-state index < -0.39 is 0 Å². The highest BCUT2D eigenvalue weighted by Gasteiger charge is 2.16. The number of nitrogens with one attached hydrogen (secondary N) is 1. The number of nitrogens with zero attached hydrogens (tertiary/aromatic N) is 1. The third-order valence-electron chi connectivity index (χ3n) is 3.41. The molecule has 1 aromatic carbocycles. The molecule has 0 amide bonds. The zero-order valence-corrected chi connectivity index (χ0v) is 12.5. The first-order valence-corrected chi connectivity index (χ1v) is 8.40. The predicted octanol–water partition coefficient (Wildman–Crippen LogP) is 3.77. The van der Waals surface area contributed by atoms with Gasteiger partial charge >= 0.3 is 0 Å².